The van der Waals surface area contributed by atoms with Gasteiger partial charge >= 0.3 is 0 Å². The van der Waals surface area contributed by atoms with Gasteiger partial charge in [-0.2, -0.15) is 0 Å². The van der Waals surface area contributed by atoms with E-state index in [0.29, 0.717) is 5.92 Å². The first-order valence-electron chi connectivity index (χ1n) is 6.55. The summed E-state index contributed by atoms with van der Waals surface area (Å²) < 4.78 is 14.0. The van der Waals surface area contributed by atoms with Crippen LogP contribution >= 0.6 is 11.3 Å². The van der Waals surface area contributed by atoms with E-state index in [1.807, 2.05) is 0 Å². The van der Waals surface area contributed by atoms with Gasteiger partial charge in [-0.1, -0.05) is 19.3 Å². The van der Waals surface area contributed by atoms with Crippen molar-refractivity contribution >= 4 is 21.6 Å². The Bertz CT molecular complexity index is 546. The van der Waals surface area contributed by atoms with Crippen LogP contribution in [0.4, 0.5) is 4.39 Å². The summed E-state index contributed by atoms with van der Waals surface area (Å²) in [6.07, 6.45) is 6.28. The highest BCUT2D eigenvalue weighted by atomic mass is 32.1. The van der Waals surface area contributed by atoms with E-state index in [9.17, 15) is 4.39 Å². The highest BCUT2D eigenvalue weighted by Gasteiger charge is 2.24. The molecule has 2 aromatic rings. The maximum absolute atomic E-state index is 13.1. The largest absolute Gasteiger partial charge is 0.322 e. The van der Waals surface area contributed by atoms with E-state index < -0.39 is 0 Å². The van der Waals surface area contributed by atoms with Gasteiger partial charge < -0.3 is 5.73 Å². The predicted molar refractivity (Wildman–Crippen MR) is 73.1 cm³/mol. The number of halogens is 1. The Kier molecular flexibility index (Phi) is 3.31. The van der Waals surface area contributed by atoms with Crippen LogP contribution in [0, 0.1) is 11.7 Å². The molecule has 0 bridgehead atoms. The fourth-order valence-electron chi connectivity index (χ4n) is 2.75. The molecule has 1 fully saturated rings. The maximum atomic E-state index is 13.1. The van der Waals surface area contributed by atoms with Gasteiger partial charge in [0, 0.05) is 0 Å². The number of hydrogen-bond donors (Lipinski definition) is 1. The molecule has 0 aliphatic heterocycles. The van der Waals surface area contributed by atoms with Gasteiger partial charge in [0.15, 0.2) is 0 Å². The molecule has 0 amide bonds. The second-order valence-electron chi connectivity index (χ2n) is 5.09. The Morgan fingerprint density at radius 2 is 2.06 bits per heavy atom. The number of thiazole rings is 1. The number of hydrogen-bond acceptors (Lipinski definition) is 3. The van der Waals surface area contributed by atoms with Gasteiger partial charge in [0.1, 0.15) is 10.8 Å². The fraction of sp³-hybridized carbons (Fsp3) is 0.500. The third-order valence-corrected chi connectivity index (χ3v) is 4.93. The molecule has 2 nitrogen and oxygen atoms in total. The minimum absolute atomic E-state index is 0.0192. The van der Waals surface area contributed by atoms with Gasteiger partial charge in [-0.25, -0.2) is 9.37 Å². The van der Waals surface area contributed by atoms with Crippen molar-refractivity contribution < 1.29 is 4.39 Å². The maximum Gasteiger partial charge on any atom is 0.124 e. The lowest BCUT2D eigenvalue weighted by Crippen LogP contribution is -2.23. The predicted octanol–water partition coefficient (Wildman–Crippen LogP) is 4.02. The normalized spacial score (nSPS) is 19.2. The Labute approximate surface area is 110 Å². The van der Waals surface area contributed by atoms with E-state index >= 15 is 0 Å². The van der Waals surface area contributed by atoms with Crippen LogP contribution in [-0.4, -0.2) is 4.98 Å². The second kappa shape index (κ2) is 4.94. The van der Waals surface area contributed by atoms with Crippen LogP contribution in [0.15, 0.2) is 18.2 Å². The Morgan fingerprint density at radius 1 is 1.28 bits per heavy atom. The Morgan fingerprint density at radius 3 is 2.83 bits per heavy atom. The fourth-order valence-corrected chi connectivity index (χ4v) is 3.84. The quantitative estimate of drug-likeness (QED) is 0.890. The SMILES string of the molecule is NC(c1nc2ccc(F)cc2s1)C1CCCCC1. The van der Waals surface area contributed by atoms with Crippen LogP contribution in [-0.2, 0) is 0 Å². The first kappa shape index (κ1) is 12.1. The zero-order valence-corrected chi connectivity index (χ0v) is 11.0. The summed E-state index contributed by atoms with van der Waals surface area (Å²) in [6, 6.07) is 4.76. The minimum atomic E-state index is -0.205. The molecule has 0 spiro atoms. The van der Waals surface area contributed by atoms with Crippen molar-refractivity contribution in [1.82, 2.24) is 4.98 Å². The van der Waals surface area contributed by atoms with Crippen LogP contribution in [0.2, 0.25) is 0 Å². The molecule has 4 heteroatoms. The lowest BCUT2D eigenvalue weighted by Gasteiger charge is -2.25. The summed E-state index contributed by atoms with van der Waals surface area (Å²) in [4.78, 5) is 4.56. The number of aromatic nitrogens is 1. The Balaban J connectivity index is 1.88. The number of benzene rings is 1. The molecule has 96 valence electrons. The average molecular weight is 264 g/mol. The average Bonchev–Trinajstić information content (AvgIpc) is 2.81. The lowest BCUT2D eigenvalue weighted by atomic mass is 9.84. The molecule has 1 aliphatic carbocycles. The van der Waals surface area contributed by atoms with Gasteiger partial charge in [0.05, 0.1) is 16.3 Å². The zero-order valence-electron chi connectivity index (χ0n) is 10.2. The molecule has 1 aromatic carbocycles. The van der Waals surface area contributed by atoms with Crippen molar-refractivity contribution in [1.29, 1.82) is 0 Å². The summed E-state index contributed by atoms with van der Waals surface area (Å²) in [6.45, 7) is 0. The molecule has 0 radical (unpaired) electrons. The van der Waals surface area contributed by atoms with Crippen LogP contribution in [0.5, 0.6) is 0 Å². The Hall–Kier alpha value is -1.000. The number of nitrogens with two attached hydrogens (primary N) is 1. The van der Waals surface area contributed by atoms with Crippen molar-refractivity contribution in [2.45, 2.75) is 38.1 Å². The number of fused-ring (bicyclic) bond motifs is 1. The molecule has 1 heterocycles. The summed E-state index contributed by atoms with van der Waals surface area (Å²) in [5, 5.41) is 0.961. The van der Waals surface area contributed by atoms with E-state index in [0.717, 1.165) is 15.2 Å². The van der Waals surface area contributed by atoms with Crippen LogP contribution in [0.25, 0.3) is 10.2 Å². The van der Waals surface area contributed by atoms with Gasteiger partial charge in [-0.05, 0) is 37.0 Å². The summed E-state index contributed by atoms with van der Waals surface area (Å²) >= 11 is 1.54. The van der Waals surface area contributed by atoms with Crippen molar-refractivity contribution in [2.75, 3.05) is 0 Å². The first-order chi connectivity index (χ1) is 8.74. The van der Waals surface area contributed by atoms with Gasteiger partial charge in [-0.15, -0.1) is 11.3 Å². The number of rotatable bonds is 2. The van der Waals surface area contributed by atoms with E-state index in [1.54, 1.807) is 12.1 Å². The molecular formula is C14H17FN2S. The van der Waals surface area contributed by atoms with Crippen LogP contribution in [0.1, 0.15) is 43.2 Å². The van der Waals surface area contributed by atoms with Crippen molar-refractivity contribution in [2.24, 2.45) is 11.7 Å². The number of nitrogens with zero attached hydrogens (tertiary/aromatic N) is 1. The third-order valence-electron chi connectivity index (χ3n) is 3.81. The summed E-state index contributed by atoms with van der Waals surface area (Å²) in [7, 11) is 0. The highest BCUT2D eigenvalue weighted by Crippen LogP contribution is 2.36. The highest BCUT2D eigenvalue weighted by molar-refractivity contribution is 7.18. The molecule has 18 heavy (non-hydrogen) atoms. The van der Waals surface area contributed by atoms with Crippen molar-refractivity contribution in [3.8, 4) is 0 Å². The van der Waals surface area contributed by atoms with Gasteiger partial charge in [0.2, 0.25) is 0 Å². The minimum Gasteiger partial charge on any atom is -0.322 e. The summed E-state index contributed by atoms with van der Waals surface area (Å²) in [5.74, 6) is 0.341. The van der Waals surface area contributed by atoms with Gasteiger partial charge in [-0.3, -0.25) is 0 Å². The van der Waals surface area contributed by atoms with E-state index in [1.165, 1.54) is 49.5 Å². The first-order valence-corrected chi connectivity index (χ1v) is 7.37. The van der Waals surface area contributed by atoms with E-state index in [2.05, 4.69) is 4.98 Å². The van der Waals surface area contributed by atoms with Crippen molar-refractivity contribution in [3.05, 3.63) is 29.0 Å². The molecule has 1 aromatic heterocycles. The van der Waals surface area contributed by atoms with Crippen LogP contribution in [0.3, 0.4) is 0 Å². The molecule has 1 aliphatic rings. The second-order valence-corrected chi connectivity index (χ2v) is 6.15. The topological polar surface area (TPSA) is 38.9 Å². The molecule has 0 saturated heterocycles. The molecule has 1 atom stereocenters. The van der Waals surface area contributed by atoms with Crippen LogP contribution < -0.4 is 5.73 Å². The standard InChI is InChI=1S/C14H17FN2S/c15-10-6-7-11-12(8-10)18-14(17-11)13(16)9-4-2-1-3-5-9/h6-9,13H,1-5,16H2. The zero-order chi connectivity index (χ0) is 12.5. The molecule has 1 unspecified atom stereocenters. The van der Waals surface area contributed by atoms with Gasteiger partial charge in [0.25, 0.3) is 0 Å². The molecule has 1 saturated carbocycles. The molecular weight excluding hydrogens is 247 g/mol. The van der Waals surface area contributed by atoms with Crippen molar-refractivity contribution in [3.63, 3.8) is 0 Å². The van der Waals surface area contributed by atoms with E-state index in [-0.39, 0.29) is 11.9 Å². The third kappa shape index (κ3) is 2.27. The lowest BCUT2D eigenvalue weighted by molar-refractivity contribution is 0.308. The summed E-state index contributed by atoms with van der Waals surface area (Å²) in [5.41, 5.74) is 7.19. The van der Waals surface area contributed by atoms with E-state index in [4.69, 9.17) is 5.73 Å². The molecule has 3 rings (SSSR count). The smallest absolute Gasteiger partial charge is 0.124 e. The monoisotopic (exact) mass is 264 g/mol. The molecule has 2 N–H and O–H groups in total.